The smallest absolute Gasteiger partial charge is 0.227 e. The zero-order valence-corrected chi connectivity index (χ0v) is 26.2. The Kier molecular flexibility index (Phi) is 38.1. The Hall–Kier alpha value is -1.44. The molecule has 13 heteroatoms. The topological polar surface area (TPSA) is 182 Å². The molecular weight excluding hydrogens is 542 g/mol. The molecule has 0 aliphatic carbocycles. The van der Waals surface area contributed by atoms with E-state index in [1.807, 2.05) is 49.6 Å². The molecule has 0 aromatic rings. The number of carbonyl (C=O) groups excluding carboxylic acids is 2. The monoisotopic (exact) mass is 582 g/mol. The summed E-state index contributed by atoms with van der Waals surface area (Å²) in [6, 6.07) is 0. The van der Waals surface area contributed by atoms with E-state index in [0.29, 0.717) is 12.5 Å². The summed E-state index contributed by atoms with van der Waals surface area (Å²) in [5.41, 5.74) is 0. The Balaban J connectivity index is -0.000000131. The third-order valence-electron chi connectivity index (χ3n) is 4.96. The molecule has 0 spiro atoms. The molecule has 1 saturated heterocycles. The maximum Gasteiger partial charge on any atom is 0.227 e. The van der Waals surface area contributed by atoms with Gasteiger partial charge < -0.3 is 56.6 Å². The summed E-state index contributed by atoms with van der Waals surface area (Å²) in [5.74, 6) is 0.681. The number of amides is 2. The molecule has 0 saturated carbocycles. The molecule has 6 N–H and O–H groups in total. The minimum absolute atomic E-state index is 0. The fourth-order valence-corrected chi connectivity index (χ4v) is 3.29. The maximum atomic E-state index is 11.8. The molecule has 0 aromatic carbocycles. The van der Waals surface area contributed by atoms with Gasteiger partial charge in [0.25, 0.3) is 0 Å². The zero-order chi connectivity index (χ0) is 24.8. The van der Waals surface area contributed by atoms with Crippen LogP contribution < -0.4 is 0 Å². The van der Waals surface area contributed by atoms with Gasteiger partial charge in [-0.2, -0.15) is 0 Å². The molecule has 2 atom stereocenters. The number of rotatable bonds is 6. The second-order valence-corrected chi connectivity index (χ2v) is 7.16. The summed E-state index contributed by atoms with van der Waals surface area (Å²) in [7, 11) is 0. The van der Waals surface area contributed by atoms with Crippen molar-refractivity contribution in [3.05, 3.63) is 22.8 Å². The average Bonchev–Trinajstić information content (AvgIpc) is 2.83. The predicted octanol–water partition coefficient (Wildman–Crippen LogP) is 1.24. The molecule has 0 radical (unpaired) electrons. The van der Waals surface area contributed by atoms with Gasteiger partial charge in [0.15, 0.2) is 0 Å². The van der Waals surface area contributed by atoms with Crippen LogP contribution in [0.5, 0.6) is 0 Å². The third-order valence-corrected chi connectivity index (χ3v) is 4.96. The van der Waals surface area contributed by atoms with Crippen LogP contribution in [-0.2, 0) is 65.3 Å². The number of piperidine rings is 1. The largest absolute Gasteiger partial charge is 0.696 e. The van der Waals surface area contributed by atoms with Gasteiger partial charge >= 0.3 is 0 Å². The Bertz CT molecular complexity index is 606. The maximum absolute atomic E-state index is 11.8. The average molecular weight is 584 g/mol. The predicted molar refractivity (Wildman–Crippen MR) is 143 cm³/mol. The summed E-state index contributed by atoms with van der Waals surface area (Å²) in [6.07, 6.45) is 6.06. The molecule has 0 bridgehead atoms. The van der Waals surface area contributed by atoms with Gasteiger partial charge in [0.1, 0.15) is 0 Å². The van der Waals surface area contributed by atoms with Gasteiger partial charge in [-0.1, -0.05) is 23.3 Å². The molecule has 2 amide bonds. The zero-order valence-electron chi connectivity index (χ0n) is 21.6. The van der Waals surface area contributed by atoms with E-state index in [0.717, 1.165) is 58.7 Å². The van der Waals surface area contributed by atoms with Crippen molar-refractivity contribution in [1.82, 2.24) is 9.80 Å². The van der Waals surface area contributed by atoms with Crippen molar-refractivity contribution in [2.24, 2.45) is 11.8 Å². The van der Waals surface area contributed by atoms with E-state index in [1.165, 1.54) is 10.8 Å². The van der Waals surface area contributed by atoms with Gasteiger partial charge in [0.2, 0.25) is 11.8 Å². The van der Waals surface area contributed by atoms with Gasteiger partial charge in [0, 0.05) is 57.5 Å². The molecule has 2 heterocycles. The first-order valence-corrected chi connectivity index (χ1v) is 11.8. The Morgan fingerprint density at radius 1 is 0.914 bits per heavy atom. The Morgan fingerprint density at radius 2 is 1.37 bits per heavy atom. The molecule has 35 heavy (non-hydrogen) atoms. The van der Waals surface area contributed by atoms with E-state index >= 15 is 0 Å². The van der Waals surface area contributed by atoms with Crippen molar-refractivity contribution in [3.8, 4) is 10.8 Å². The first-order valence-electron chi connectivity index (χ1n) is 10.9. The van der Waals surface area contributed by atoms with E-state index in [4.69, 9.17) is 10.5 Å². The van der Waals surface area contributed by atoms with Gasteiger partial charge in [0.05, 0.1) is 0 Å². The van der Waals surface area contributed by atoms with Gasteiger partial charge in [-0.05, 0) is 34.1 Å². The first kappa shape index (κ1) is 43.6. The van der Waals surface area contributed by atoms with E-state index in [-0.39, 0.29) is 48.2 Å². The fourth-order valence-electron chi connectivity index (χ4n) is 3.29. The minimum atomic E-state index is -0.00588. The summed E-state index contributed by atoms with van der Waals surface area (Å²) >= 11 is 7.40. The minimum Gasteiger partial charge on any atom is -0.696 e. The third kappa shape index (κ3) is 20.5. The number of nitriles is 2. The molecule has 10 nitrogen and oxygen atoms in total. The fraction of sp³-hybridized carbons (Fsp3) is 0.727. The standard InChI is InChI=1S/C10H19N2O.C10H17N2O.2CHNS.2H2O.Zn/c2*1-3-12(4-2)10(13)9-6-5-7-11-8-9;2*2-1-3;;;/h9H,3-8H2,1-2H3;5-6,9H,3-4,7-8H2,1-2H3;2*3H;2*1H2;/q2*-1;;;;;. The molecule has 200 valence electrons. The van der Waals surface area contributed by atoms with Crippen LogP contribution in [0.25, 0.3) is 10.6 Å². The molecule has 2 rings (SSSR count). The molecule has 2 unspecified atom stereocenters. The Labute approximate surface area is 235 Å². The van der Waals surface area contributed by atoms with E-state index in [2.05, 4.69) is 35.9 Å². The van der Waals surface area contributed by atoms with Crippen molar-refractivity contribution >= 4 is 37.1 Å². The number of nitrogens with zero attached hydrogens (tertiary/aromatic N) is 6. The van der Waals surface area contributed by atoms with Crippen molar-refractivity contribution < 1.29 is 40.0 Å². The summed E-state index contributed by atoms with van der Waals surface area (Å²) < 4.78 is 0. The van der Waals surface area contributed by atoms with Crippen LogP contribution in [0.1, 0.15) is 40.5 Å². The quantitative estimate of drug-likeness (QED) is 0.149. The number of hydrogen-bond donors (Lipinski definition) is 0. The van der Waals surface area contributed by atoms with Crippen LogP contribution in [0.15, 0.2) is 12.2 Å². The van der Waals surface area contributed by atoms with E-state index in [9.17, 15) is 9.59 Å². The summed E-state index contributed by atoms with van der Waals surface area (Å²) in [4.78, 5) is 27.4. The van der Waals surface area contributed by atoms with Crippen molar-refractivity contribution in [3.63, 3.8) is 0 Å². The summed E-state index contributed by atoms with van der Waals surface area (Å²) in [5, 5.41) is 25.4. The van der Waals surface area contributed by atoms with Crippen LogP contribution in [0.2, 0.25) is 0 Å². The number of thiocyanates is 2. The van der Waals surface area contributed by atoms with Gasteiger partial charge in [-0.3, -0.25) is 9.59 Å². The van der Waals surface area contributed by atoms with Crippen molar-refractivity contribution in [2.45, 2.75) is 40.5 Å². The van der Waals surface area contributed by atoms with Crippen LogP contribution >= 0.6 is 0 Å². The molecule has 1 fully saturated rings. The second-order valence-electron chi connectivity index (χ2n) is 6.80. The molecule has 2 aliphatic heterocycles. The van der Waals surface area contributed by atoms with Crippen LogP contribution in [-0.4, -0.2) is 74.0 Å². The number of hydrogen-bond acceptors (Lipinski definition) is 6. The SMILES string of the molecule is CCN(CC)C(=O)C1C=CC[N-]C1.CCN(CC)C(=O)C1CCC[N-]C1.N#C[S-].N#C[S-].[OH3+].[OH3+].[Zn]. The second kappa shape index (κ2) is 30.6. The van der Waals surface area contributed by atoms with Gasteiger partial charge in [-0.15, -0.1) is 32.3 Å². The van der Waals surface area contributed by atoms with Crippen LogP contribution in [0, 0.1) is 33.2 Å². The molecule has 2 aliphatic rings. The van der Waals surface area contributed by atoms with Crippen molar-refractivity contribution in [1.29, 1.82) is 10.5 Å². The first-order chi connectivity index (χ1) is 15.4. The van der Waals surface area contributed by atoms with E-state index in [1.54, 1.807) is 0 Å². The Morgan fingerprint density at radius 3 is 1.71 bits per heavy atom. The normalized spacial score (nSPS) is 16.9. The van der Waals surface area contributed by atoms with E-state index < -0.39 is 0 Å². The van der Waals surface area contributed by atoms with Crippen LogP contribution in [0.3, 0.4) is 0 Å². The van der Waals surface area contributed by atoms with Crippen molar-refractivity contribution in [2.75, 3.05) is 52.4 Å². The van der Waals surface area contributed by atoms with Gasteiger partial charge in [-0.25, -0.2) is 10.5 Å². The molecular formula is C22H42N6O4S2Zn-2. The molecule has 0 aromatic heterocycles. The van der Waals surface area contributed by atoms with Crippen LogP contribution in [0.4, 0.5) is 0 Å². The summed E-state index contributed by atoms with van der Waals surface area (Å²) in [6.45, 7) is 14.4. The number of carbonyl (C=O) groups is 2.